The quantitative estimate of drug-likeness (QED) is 0.332. The molecule has 118 valence electrons. The molecule has 0 aliphatic rings. The van der Waals surface area contributed by atoms with Gasteiger partial charge < -0.3 is 0 Å². The predicted octanol–water partition coefficient (Wildman–Crippen LogP) is 7.17. The van der Waals surface area contributed by atoms with Crippen molar-refractivity contribution in [1.82, 2.24) is 0 Å². The van der Waals surface area contributed by atoms with Crippen LogP contribution in [0.4, 0.5) is 0 Å². The normalized spacial score (nSPS) is 16.2. The van der Waals surface area contributed by atoms with Crippen molar-refractivity contribution in [3.05, 3.63) is 24.3 Å². The molecule has 0 aromatic heterocycles. The van der Waals surface area contributed by atoms with Crippen molar-refractivity contribution in [2.75, 3.05) is 0 Å². The zero-order chi connectivity index (χ0) is 15.4. The van der Waals surface area contributed by atoms with Crippen LogP contribution in [0.2, 0.25) is 0 Å². The van der Waals surface area contributed by atoms with E-state index in [1.165, 1.54) is 51.4 Å². The van der Waals surface area contributed by atoms with Gasteiger partial charge >= 0.3 is 0 Å². The van der Waals surface area contributed by atoms with Crippen LogP contribution >= 0.6 is 0 Å². The van der Waals surface area contributed by atoms with E-state index in [0.717, 1.165) is 23.3 Å². The molecule has 0 aromatic carbocycles. The van der Waals surface area contributed by atoms with Gasteiger partial charge in [0, 0.05) is 0 Å². The first-order valence-corrected chi connectivity index (χ1v) is 8.77. The summed E-state index contributed by atoms with van der Waals surface area (Å²) < 4.78 is 0. The number of allylic oxidation sites excluding steroid dienone is 3. The average molecular weight is 279 g/mol. The Morgan fingerprint density at radius 2 is 1.40 bits per heavy atom. The van der Waals surface area contributed by atoms with Crippen molar-refractivity contribution in [1.29, 1.82) is 0 Å². The van der Waals surface area contributed by atoms with Crippen LogP contribution in [0.5, 0.6) is 0 Å². The molecular formula is C20H38. The third-order valence-corrected chi connectivity index (χ3v) is 4.43. The lowest BCUT2D eigenvalue weighted by molar-refractivity contribution is 0.392. The molecule has 0 spiro atoms. The van der Waals surface area contributed by atoms with Crippen LogP contribution in [-0.4, -0.2) is 0 Å². The second kappa shape index (κ2) is 12.2. The molecule has 3 unspecified atom stereocenters. The van der Waals surface area contributed by atoms with Crippen molar-refractivity contribution in [3.8, 4) is 0 Å². The molecule has 3 atom stereocenters. The Labute approximate surface area is 128 Å². The van der Waals surface area contributed by atoms with E-state index in [0.29, 0.717) is 0 Å². The zero-order valence-corrected chi connectivity index (χ0v) is 14.8. The van der Waals surface area contributed by atoms with Gasteiger partial charge in [-0.1, -0.05) is 96.9 Å². The van der Waals surface area contributed by atoms with Crippen LogP contribution in [0.1, 0.15) is 86.0 Å². The lowest BCUT2D eigenvalue weighted by Gasteiger charge is -2.14. The Morgan fingerprint density at radius 1 is 0.900 bits per heavy atom. The summed E-state index contributed by atoms with van der Waals surface area (Å²) in [5.74, 6) is 2.65. The maximum absolute atomic E-state index is 3.90. The van der Waals surface area contributed by atoms with Crippen LogP contribution in [0.3, 0.4) is 0 Å². The molecular weight excluding hydrogens is 240 g/mol. The standard InChI is InChI=1S/C20H38/c1-7-18(4)12-9-14-20(6)16-10-15-19(5)13-8-11-17(2)3/h8,11,18-20H,2,7,9-10,12-16H2,1,3-6H3. The van der Waals surface area contributed by atoms with E-state index in [4.69, 9.17) is 0 Å². The van der Waals surface area contributed by atoms with E-state index in [2.05, 4.69) is 53.3 Å². The van der Waals surface area contributed by atoms with Crippen LogP contribution in [0.25, 0.3) is 0 Å². The molecule has 0 bridgehead atoms. The smallest absolute Gasteiger partial charge is 0.0322 e. The summed E-state index contributed by atoms with van der Waals surface area (Å²) in [7, 11) is 0. The molecule has 0 aliphatic carbocycles. The molecule has 0 saturated heterocycles. The van der Waals surface area contributed by atoms with Crippen molar-refractivity contribution in [2.24, 2.45) is 17.8 Å². The molecule has 20 heavy (non-hydrogen) atoms. The van der Waals surface area contributed by atoms with Gasteiger partial charge in [-0.3, -0.25) is 0 Å². The second-order valence-electron chi connectivity index (χ2n) is 7.07. The highest BCUT2D eigenvalue weighted by atomic mass is 14.1. The van der Waals surface area contributed by atoms with E-state index in [1.54, 1.807) is 0 Å². The van der Waals surface area contributed by atoms with Gasteiger partial charge in [0.15, 0.2) is 0 Å². The SMILES string of the molecule is C=C(C)C=CCC(C)CCCC(C)CCCC(C)CC. The maximum atomic E-state index is 3.90. The topological polar surface area (TPSA) is 0 Å². The van der Waals surface area contributed by atoms with Crippen molar-refractivity contribution >= 4 is 0 Å². The Kier molecular flexibility index (Phi) is 11.9. The van der Waals surface area contributed by atoms with Gasteiger partial charge in [-0.2, -0.15) is 0 Å². The predicted molar refractivity (Wildman–Crippen MR) is 94.1 cm³/mol. The van der Waals surface area contributed by atoms with Crippen LogP contribution in [-0.2, 0) is 0 Å². The van der Waals surface area contributed by atoms with Crippen LogP contribution in [0.15, 0.2) is 24.3 Å². The largest absolute Gasteiger partial charge is 0.0961 e. The molecule has 0 N–H and O–H groups in total. The molecule has 0 fully saturated rings. The summed E-state index contributed by atoms with van der Waals surface area (Å²) in [6, 6.07) is 0. The van der Waals surface area contributed by atoms with E-state index < -0.39 is 0 Å². The number of rotatable bonds is 12. The van der Waals surface area contributed by atoms with E-state index >= 15 is 0 Å². The van der Waals surface area contributed by atoms with E-state index in [-0.39, 0.29) is 0 Å². The fraction of sp³-hybridized carbons (Fsp3) is 0.800. The highest BCUT2D eigenvalue weighted by Crippen LogP contribution is 2.21. The summed E-state index contributed by atoms with van der Waals surface area (Å²) >= 11 is 0. The minimum Gasteiger partial charge on any atom is -0.0961 e. The lowest BCUT2D eigenvalue weighted by Crippen LogP contribution is -2.00. The fourth-order valence-electron chi connectivity index (χ4n) is 2.60. The summed E-state index contributed by atoms with van der Waals surface area (Å²) in [6.07, 6.45) is 15.4. The van der Waals surface area contributed by atoms with Crippen molar-refractivity contribution in [2.45, 2.75) is 86.0 Å². The monoisotopic (exact) mass is 278 g/mol. The summed E-state index contributed by atoms with van der Waals surface area (Å²) in [5, 5.41) is 0. The molecule has 0 heteroatoms. The van der Waals surface area contributed by atoms with Crippen LogP contribution < -0.4 is 0 Å². The molecule has 0 amide bonds. The van der Waals surface area contributed by atoms with E-state index in [9.17, 15) is 0 Å². The van der Waals surface area contributed by atoms with Gasteiger partial charge in [0.25, 0.3) is 0 Å². The molecule has 0 aliphatic heterocycles. The van der Waals surface area contributed by atoms with E-state index in [1.807, 2.05) is 0 Å². The Balaban J connectivity index is 3.55. The van der Waals surface area contributed by atoms with Gasteiger partial charge in [-0.15, -0.1) is 0 Å². The Bertz CT molecular complexity index is 261. The van der Waals surface area contributed by atoms with Gasteiger partial charge in [-0.05, 0) is 31.1 Å². The van der Waals surface area contributed by atoms with Gasteiger partial charge in [0.2, 0.25) is 0 Å². The van der Waals surface area contributed by atoms with Gasteiger partial charge in [0.1, 0.15) is 0 Å². The summed E-state index contributed by atoms with van der Waals surface area (Å²) in [6.45, 7) is 15.4. The average Bonchev–Trinajstić information content (AvgIpc) is 2.38. The fourth-order valence-corrected chi connectivity index (χ4v) is 2.60. The lowest BCUT2D eigenvalue weighted by atomic mass is 9.92. The molecule has 0 rings (SSSR count). The minimum absolute atomic E-state index is 0.818. The summed E-state index contributed by atoms with van der Waals surface area (Å²) in [5.41, 5.74) is 1.16. The molecule has 0 radical (unpaired) electrons. The Morgan fingerprint density at radius 3 is 1.90 bits per heavy atom. The molecule has 0 nitrogen and oxygen atoms in total. The highest BCUT2D eigenvalue weighted by molar-refractivity contribution is 5.10. The maximum Gasteiger partial charge on any atom is -0.0322 e. The first kappa shape index (κ1) is 19.5. The number of hydrogen-bond donors (Lipinski definition) is 0. The first-order valence-electron chi connectivity index (χ1n) is 8.77. The van der Waals surface area contributed by atoms with Crippen LogP contribution in [0, 0.1) is 17.8 Å². The zero-order valence-electron chi connectivity index (χ0n) is 14.8. The third kappa shape index (κ3) is 12.5. The third-order valence-electron chi connectivity index (χ3n) is 4.43. The van der Waals surface area contributed by atoms with Gasteiger partial charge in [0.05, 0.1) is 0 Å². The molecule has 0 saturated carbocycles. The Hall–Kier alpha value is -0.520. The highest BCUT2D eigenvalue weighted by Gasteiger charge is 2.06. The van der Waals surface area contributed by atoms with Gasteiger partial charge in [-0.25, -0.2) is 0 Å². The number of hydrogen-bond acceptors (Lipinski definition) is 0. The summed E-state index contributed by atoms with van der Waals surface area (Å²) in [4.78, 5) is 0. The van der Waals surface area contributed by atoms with Crippen molar-refractivity contribution < 1.29 is 0 Å². The first-order chi connectivity index (χ1) is 9.45. The van der Waals surface area contributed by atoms with Crippen molar-refractivity contribution in [3.63, 3.8) is 0 Å². The molecule has 0 aromatic rings. The second-order valence-corrected chi connectivity index (χ2v) is 7.07. The molecule has 0 heterocycles. The minimum atomic E-state index is 0.818.